The van der Waals surface area contributed by atoms with Crippen LogP contribution < -0.4 is 11.1 Å². The summed E-state index contributed by atoms with van der Waals surface area (Å²) in [6.07, 6.45) is 0.592. The molecule has 0 rings (SSSR count). The fourth-order valence-electron chi connectivity index (χ4n) is 0.913. The molecule has 74 valence electrons. The molecule has 0 aliphatic carbocycles. The molecule has 0 spiro atoms. The normalized spacial score (nSPS) is 14.7. The van der Waals surface area contributed by atoms with E-state index in [0.717, 1.165) is 0 Å². The predicted molar refractivity (Wildman–Crippen MR) is 48.0 cm³/mol. The molecule has 0 heterocycles. The van der Waals surface area contributed by atoms with Crippen LogP contribution in [0.4, 0.5) is 0 Å². The lowest BCUT2D eigenvalue weighted by atomic mass is 10.2. The van der Waals surface area contributed by atoms with E-state index in [1.165, 1.54) is 0 Å². The molecule has 0 aliphatic heterocycles. The van der Waals surface area contributed by atoms with Crippen LogP contribution in [0.25, 0.3) is 0 Å². The van der Waals surface area contributed by atoms with Crippen molar-refractivity contribution in [2.45, 2.75) is 19.4 Å². The maximum Gasteiger partial charge on any atom is 0.327 e. The third-order valence-electron chi connectivity index (χ3n) is 1.53. The van der Waals surface area contributed by atoms with E-state index in [1.54, 1.807) is 0 Å². The van der Waals surface area contributed by atoms with Crippen LogP contribution in [0.3, 0.4) is 0 Å². The Hall–Kier alpha value is 0.0700. The predicted octanol–water partition coefficient (Wildman–Crippen LogP) is -0.509. The van der Waals surface area contributed by atoms with Gasteiger partial charge in [0.05, 0.1) is 6.16 Å². The molecule has 0 aromatic rings. The Morgan fingerprint density at radius 1 is 1.58 bits per heavy atom. The molecular formula is C6H17N2O3P. The minimum atomic E-state index is -3.88. The fraction of sp³-hybridized carbons (Fsp3) is 1.00. The first-order valence-electron chi connectivity index (χ1n) is 3.97. The van der Waals surface area contributed by atoms with Crippen LogP contribution in [0.5, 0.6) is 0 Å². The Morgan fingerprint density at radius 2 is 2.17 bits per heavy atom. The molecule has 0 saturated carbocycles. The van der Waals surface area contributed by atoms with E-state index in [9.17, 15) is 4.57 Å². The first-order chi connectivity index (χ1) is 5.49. The first-order valence-corrected chi connectivity index (χ1v) is 5.77. The highest BCUT2D eigenvalue weighted by Crippen LogP contribution is 2.35. The van der Waals surface area contributed by atoms with Gasteiger partial charge in [-0.1, -0.05) is 6.92 Å². The second-order valence-corrected chi connectivity index (χ2v) is 4.39. The molecule has 0 aliphatic rings. The Kier molecular flexibility index (Phi) is 5.70. The quantitative estimate of drug-likeness (QED) is 0.429. The zero-order chi connectivity index (χ0) is 9.61. The van der Waals surface area contributed by atoms with Crippen LogP contribution in [-0.4, -0.2) is 35.1 Å². The fourth-order valence-corrected chi connectivity index (χ4v) is 1.87. The largest absolute Gasteiger partial charge is 0.329 e. The van der Waals surface area contributed by atoms with E-state index in [2.05, 4.69) is 5.32 Å². The summed E-state index contributed by atoms with van der Waals surface area (Å²) >= 11 is 0. The molecule has 5 nitrogen and oxygen atoms in total. The van der Waals surface area contributed by atoms with E-state index >= 15 is 0 Å². The molecule has 0 saturated heterocycles. The summed E-state index contributed by atoms with van der Waals surface area (Å²) in [5, 5.41) is 2.96. The molecule has 0 radical (unpaired) electrons. The van der Waals surface area contributed by atoms with Crippen LogP contribution in [0.15, 0.2) is 0 Å². The third-order valence-corrected chi connectivity index (χ3v) is 2.44. The average molecular weight is 196 g/mol. The van der Waals surface area contributed by atoms with Gasteiger partial charge in [0.15, 0.2) is 0 Å². The summed E-state index contributed by atoms with van der Waals surface area (Å²) < 4.78 is 10.6. The van der Waals surface area contributed by atoms with Crippen molar-refractivity contribution in [3.63, 3.8) is 0 Å². The van der Waals surface area contributed by atoms with Crippen molar-refractivity contribution in [1.82, 2.24) is 5.32 Å². The number of nitrogens with one attached hydrogen (secondary N) is 1. The van der Waals surface area contributed by atoms with Crippen LogP contribution in [0.2, 0.25) is 0 Å². The standard InChI is InChI=1S/C6H17N2O3P/c1-2-6(8-4-3-7)5-12(9,10)11/h6,8H,2-5,7H2,1H3,(H2,9,10,11). The Labute approximate surface area is 72.5 Å². The van der Waals surface area contributed by atoms with Crippen molar-refractivity contribution < 1.29 is 14.4 Å². The zero-order valence-electron chi connectivity index (χ0n) is 7.23. The number of nitrogens with two attached hydrogens (primary N) is 1. The van der Waals surface area contributed by atoms with Crippen LogP contribution >= 0.6 is 7.60 Å². The Morgan fingerprint density at radius 3 is 2.50 bits per heavy atom. The summed E-state index contributed by atoms with van der Waals surface area (Å²) in [5.74, 6) is 0. The lowest BCUT2D eigenvalue weighted by molar-refractivity contribution is 0.362. The van der Waals surface area contributed by atoms with Crippen molar-refractivity contribution in [1.29, 1.82) is 0 Å². The summed E-state index contributed by atoms with van der Waals surface area (Å²) in [6, 6.07) is -0.130. The van der Waals surface area contributed by atoms with Crippen LogP contribution in [0, 0.1) is 0 Å². The highest BCUT2D eigenvalue weighted by atomic mass is 31.2. The Balaban J connectivity index is 3.75. The maximum atomic E-state index is 10.6. The molecule has 0 aromatic carbocycles. The molecule has 0 aromatic heterocycles. The summed E-state index contributed by atoms with van der Waals surface area (Å²) in [4.78, 5) is 17.3. The average Bonchev–Trinajstić information content (AvgIpc) is 1.95. The van der Waals surface area contributed by atoms with Crippen LogP contribution in [-0.2, 0) is 4.57 Å². The summed E-state index contributed by atoms with van der Waals surface area (Å²) in [7, 11) is -3.88. The molecule has 0 amide bonds. The first kappa shape index (κ1) is 12.1. The minimum absolute atomic E-state index is 0.108. The number of hydrogen-bond acceptors (Lipinski definition) is 3. The van der Waals surface area contributed by atoms with E-state index in [-0.39, 0.29) is 12.2 Å². The van der Waals surface area contributed by atoms with E-state index in [4.69, 9.17) is 15.5 Å². The Bertz CT molecular complexity index is 159. The molecule has 1 unspecified atom stereocenters. The van der Waals surface area contributed by atoms with Gasteiger partial charge in [-0.05, 0) is 6.42 Å². The highest BCUT2D eigenvalue weighted by Gasteiger charge is 2.19. The second kappa shape index (κ2) is 5.67. The van der Waals surface area contributed by atoms with Gasteiger partial charge in [-0.3, -0.25) is 4.57 Å². The van der Waals surface area contributed by atoms with Gasteiger partial charge in [0, 0.05) is 19.1 Å². The van der Waals surface area contributed by atoms with Gasteiger partial charge in [0.1, 0.15) is 0 Å². The van der Waals surface area contributed by atoms with Crippen LogP contribution in [0.1, 0.15) is 13.3 Å². The van der Waals surface area contributed by atoms with E-state index in [0.29, 0.717) is 19.5 Å². The van der Waals surface area contributed by atoms with E-state index < -0.39 is 7.60 Å². The summed E-state index contributed by atoms with van der Waals surface area (Å²) in [6.45, 7) is 2.96. The van der Waals surface area contributed by atoms with Crippen molar-refractivity contribution in [3.05, 3.63) is 0 Å². The zero-order valence-corrected chi connectivity index (χ0v) is 8.13. The van der Waals surface area contributed by atoms with Gasteiger partial charge >= 0.3 is 7.60 Å². The molecular weight excluding hydrogens is 179 g/mol. The topological polar surface area (TPSA) is 95.6 Å². The summed E-state index contributed by atoms with van der Waals surface area (Å²) in [5.41, 5.74) is 5.24. The molecule has 1 atom stereocenters. The SMILES string of the molecule is CCC(CP(=O)(O)O)NCCN. The molecule has 0 fully saturated rings. The maximum absolute atomic E-state index is 10.6. The van der Waals surface area contributed by atoms with Gasteiger partial charge in [0.2, 0.25) is 0 Å². The third kappa shape index (κ3) is 6.76. The molecule has 5 N–H and O–H groups in total. The van der Waals surface area contributed by atoms with Gasteiger partial charge < -0.3 is 20.8 Å². The molecule has 0 bridgehead atoms. The number of hydrogen-bond donors (Lipinski definition) is 4. The van der Waals surface area contributed by atoms with Crippen molar-refractivity contribution in [2.24, 2.45) is 5.73 Å². The second-order valence-electron chi connectivity index (χ2n) is 2.70. The van der Waals surface area contributed by atoms with Gasteiger partial charge in [-0.25, -0.2) is 0 Å². The minimum Gasteiger partial charge on any atom is -0.329 e. The molecule has 12 heavy (non-hydrogen) atoms. The van der Waals surface area contributed by atoms with Gasteiger partial charge in [-0.15, -0.1) is 0 Å². The number of rotatable bonds is 6. The van der Waals surface area contributed by atoms with Crippen molar-refractivity contribution >= 4 is 7.60 Å². The van der Waals surface area contributed by atoms with Crippen molar-refractivity contribution in [2.75, 3.05) is 19.3 Å². The van der Waals surface area contributed by atoms with E-state index in [1.807, 2.05) is 6.92 Å². The molecule has 6 heteroatoms. The van der Waals surface area contributed by atoms with Gasteiger partial charge in [0.25, 0.3) is 0 Å². The van der Waals surface area contributed by atoms with Gasteiger partial charge in [-0.2, -0.15) is 0 Å². The monoisotopic (exact) mass is 196 g/mol. The lowest BCUT2D eigenvalue weighted by Crippen LogP contribution is -2.35. The van der Waals surface area contributed by atoms with Crippen molar-refractivity contribution in [3.8, 4) is 0 Å². The lowest BCUT2D eigenvalue weighted by Gasteiger charge is -2.16. The smallest absolute Gasteiger partial charge is 0.327 e. The highest BCUT2D eigenvalue weighted by molar-refractivity contribution is 7.51.